The van der Waals surface area contributed by atoms with Gasteiger partial charge in [0, 0.05) is 12.0 Å². The molecule has 110 valence electrons. The van der Waals surface area contributed by atoms with Crippen LogP contribution < -0.4 is 10.3 Å². The number of hydrogen-bond acceptors (Lipinski definition) is 4. The number of nitrogens with zero attached hydrogens (tertiary/aromatic N) is 1. The van der Waals surface area contributed by atoms with Gasteiger partial charge < -0.3 is 14.8 Å². The van der Waals surface area contributed by atoms with Gasteiger partial charge in [-0.2, -0.15) is 4.98 Å². The van der Waals surface area contributed by atoms with Crippen LogP contribution in [0.5, 0.6) is 11.6 Å². The fourth-order valence-corrected chi connectivity index (χ4v) is 1.63. The summed E-state index contributed by atoms with van der Waals surface area (Å²) in [6.45, 7) is 3.70. The topological polar surface area (TPSA) is 92.3 Å². The van der Waals surface area contributed by atoms with Crippen molar-refractivity contribution in [3.63, 3.8) is 0 Å². The Morgan fingerprint density at radius 3 is 2.67 bits per heavy atom. The molecule has 0 saturated heterocycles. The quantitative estimate of drug-likeness (QED) is 0.903. The predicted octanol–water partition coefficient (Wildman–Crippen LogP) is 2.52. The largest absolute Gasteiger partial charge is 0.478 e. The van der Waals surface area contributed by atoms with Crippen molar-refractivity contribution in [2.75, 3.05) is 0 Å². The van der Waals surface area contributed by atoms with Crippen LogP contribution in [-0.2, 0) is 0 Å². The fraction of sp³-hybridized carbons (Fsp3) is 0.214. The summed E-state index contributed by atoms with van der Waals surface area (Å²) < 4.78 is 18.8. The van der Waals surface area contributed by atoms with Crippen LogP contribution in [-0.4, -0.2) is 21.0 Å². The molecule has 1 aromatic carbocycles. The molecule has 0 atom stereocenters. The van der Waals surface area contributed by atoms with Gasteiger partial charge in [0.2, 0.25) is 5.88 Å². The number of aromatic nitrogens is 2. The van der Waals surface area contributed by atoms with Gasteiger partial charge in [0.15, 0.2) is 0 Å². The highest BCUT2D eigenvalue weighted by Crippen LogP contribution is 2.22. The van der Waals surface area contributed by atoms with Crippen molar-refractivity contribution in [2.45, 2.75) is 19.8 Å². The Bertz CT molecular complexity index is 740. The van der Waals surface area contributed by atoms with E-state index in [1.807, 2.05) is 13.8 Å². The van der Waals surface area contributed by atoms with Gasteiger partial charge in [-0.05, 0) is 12.1 Å². The summed E-state index contributed by atoms with van der Waals surface area (Å²) in [7, 11) is 0. The second-order valence-electron chi connectivity index (χ2n) is 4.67. The van der Waals surface area contributed by atoms with E-state index in [1.54, 1.807) is 0 Å². The number of aromatic amines is 1. The monoisotopic (exact) mass is 292 g/mol. The van der Waals surface area contributed by atoms with Gasteiger partial charge in [0.25, 0.3) is 5.56 Å². The molecule has 2 N–H and O–H groups in total. The van der Waals surface area contributed by atoms with E-state index in [9.17, 15) is 14.0 Å². The molecule has 0 unspecified atom stereocenters. The second kappa shape index (κ2) is 5.74. The van der Waals surface area contributed by atoms with E-state index >= 15 is 0 Å². The van der Waals surface area contributed by atoms with Gasteiger partial charge in [-0.3, -0.25) is 4.79 Å². The van der Waals surface area contributed by atoms with Gasteiger partial charge in [-0.1, -0.05) is 13.8 Å². The molecule has 6 nitrogen and oxygen atoms in total. The highest BCUT2D eigenvalue weighted by molar-refractivity contribution is 5.88. The standard InChI is InChI=1S/C14H13FN2O4/c1-7(2)13-16-11(18)6-12(17-13)21-8-3-4-9(14(19)20)10(15)5-8/h3-7H,1-2H3,(H,19,20)(H,16,17,18). The normalized spacial score (nSPS) is 10.7. The Kier molecular flexibility index (Phi) is 4.02. The fourth-order valence-electron chi connectivity index (χ4n) is 1.63. The molecular formula is C14H13FN2O4. The van der Waals surface area contributed by atoms with Crippen LogP contribution in [0.3, 0.4) is 0 Å². The first-order chi connectivity index (χ1) is 9.86. The minimum Gasteiger partial charge on any atom is -0.478 e. The first-order valence-electron chi connectivity index (χ1n) is 6.19. The van der Waals surface area contributed by atoms with E-state index in [2.05, 4.69) is 9.97 Å². The molecular weight excluding hydrogens is 279 g/mol. The van der Waals surface area contributed by atoms with Crippen molar-refractivity contribution in [1.82, 2.24) is 9.97 Å². The summed E-state index contributed by atoms with van der Waals surface area (Å²) >= 11 is 0. The summed E-state index contributed by atoms with van der Waals surface area (Å²) in [5, 5.41) is 8.74. The zero-order valence-electron chi connectivity index (χ0n) is 11.4. The molecule has 0 saturated carbocycles. The maximum Gasteiger partial charge on any atom is 0.338 e. The minimum atomic E-state index is -1.37. The summed E-state index contributed by atoms with van der Waals surface area (Å²) in [4.78, 5) is 28.9. The maximum atomic E-state index is 13.5. The van der Waals surface area contributed by atoms with Crippen molar-refractivity contribution in [2.24, 2.45) is 0 Å². The zero-order chi connectivity index (χ0) is 15.6. The summed E-state index contributed by atoms with van der Waals surface area (Å²) in [6.07, 6.45) is 0. The third-order valence-corrected chi connectivity index (χ3v) is 2.68. The molecule has 0 radical (unpaired) electrons. The summed E-state index contributed by atoms with van der Waals surface area (Å²) in [5.41, 5.74) is -0.838. The first-order valence-corrected chi connectivity index (χ1v) is 6.19. The number of hydrogen-bond donors (Lipinski definition) is 2. The number of carboxylic acid groups (broad SMARTS) is 1. The lowest BCUT2D eigenvalue weighted by Gasteiger charge is -2.08. The van der Waals surface area contributed by atoms with Crippen LogP contribution in [0.2, 0.25) is 0 Å². The molecule has 0 fully saturated rings. The molecule has 2 aromatic rings. The lowest BCUT2D eigenvalue weighted by atomic mass is 10.2. The molecule has 1 aromatic heterocycles. The predicted molar refractivity (Wildman–Crippen MR) is 72.4 cm³/mol. The van der Waals surface area contributed by atoms with Gasteiger partial charge in [-0.15, -0.1) is 0 Å². The molecule has 1 heterocycles. The number of rotatable bonds is 4. The van der Waals surface area contributed by atoms with Crippen molar-refractivity contribution in [1.29, 1.82) is 0 Å². The highest BCUT2D eigenvalue weighted by Gasteiger charge is 2.12. The minimum absolute atomic E-state index is 0.00706. The maximum absolute atomic E-state index is 13.5. The van der Waals surface area contributed by atoms with Gasteiger partial charge in [0.1, 0.15) is 17.4 Å². The van der Waals surface area contributed by atoms with Crippen LogP contribution in [0.15, 0.2) is 29.1 Å². The highest BCUT2D eigenvalue weighted by atomic mass is 19.1. The second-order valence-corrected chi connectivity index (χ2v) is 4.67. The zero-order valence-corrected chi connectivity index (χ0v) is 11.4. The number of benzene rings is 1. The summed E-state index contributed by atoms with van der Waals surface area (Å²) in [6, 6.07) is 4.45. The van der Waals surface area contributed by atoms with Crippen molar-refractivity contribution in [3.05, 3.63) is 51.8 Å². The van der Waals surface area contributed by atoms with Crippen molar-refractivity contribution < 1.29 is 19.0 Å². The molecule has 0 amide bonds. The van der Waals surface area contributed by atoms with Gasteiger partial charge in [0.05, 0.1) is 11.6 Å². The number of carbonyl (C=O) groups is 1. The smallest absolute Gasteiger partial charge is 0.338 e. The Morgan fingerprint density at radius 1 is 1.38 bits per heavy atom. The van der Waals surface area contributed by atoms with E-state index < -0.39 is 17.3 Å². The lowest BCUT2D eigenvalue weighted by Crippen LogP contribution is -2.12. The van der Waals surface area contributed by atoms with Crippen LogP contribution in [0.4, 0.5) is 4.39 Å². The third kappa shape index (κ3) is 3.44. The molecule has 21 heavy (non-hydrogen) atoms. The molecule has 0 aliphatic rings. The van der Waals surface area contributed by atoms with E-state index in [-0.39, 0.29) is 23.1 Å². The average molecular weight is 292 g/mol. The van der Waals surface area contributed by atoms with Crippen LogP contribution in [0.1, 0.15) is 35.9 Å². The molecule has 0 bridgehead atoms. The molecule has 0 spiro atoms. The summed E-state index contributed by atoms with van der Waals surface area (Å²) in [5.74, 6) is -1.77. The van der Waals surface area contributed by atoms with Crippen LogP contribution >= 0.6 is 0 Å². The number of carboxylic acids is 1. The third-order valence-electron chi connectivity index (χ3n) is 2.68. The van der Waals surface area contributed by atoms with E-state index in [4.69, 9.17) is 9.84 Å². The van der Waals surface area contributed by atoms with Crippen LogP contribution in [0, 0.1) is 5.82 Å². The lowest BCUT2D eigenvalue weighted by molar-refractivity contribution is 0.0692. The average Bonchev–Trinajstić information content (AvgIpc) is 2.37. The SMILES string of the molecule is CC(C)c1nc(Oc2ccc(C(=O)O)c(F)c2)cc(=O)[nH]1. The van der Waals surface area contributed by atoms with E-state index in [0.29, 0.717) is 5.82 Å². The number of ether oxygens (including phenoxy) is 1. The number of nitrogens with one attached hydrogen (secondary N) is 1. The van der Waals surface area contributed by atoms with Crippen molar-refractivity contribution in [3.8, 4) is 11.6 Å². The van der Waals surface area contributed by atoms with E-state index in [1.165, 1.54) is 6.07 Å². The Hall–Kier alpha value is -2.70. The van der Waals surface area contributed by atoms with Gasteiger partial charge >= 0.3 is 5.97 Å². The number of H-pyrrole nitrogens is 1. The first kappa shape index (κ1) is 14.7. The van der Waals surface area contributed by atoms with Crippen molar-refractivity contribution >= 4 is 5.97 Å². The van der Waals surface area contributed by atoms with Crippen LogP contribution in [0.25, 0.3) is 0 Å². The molecule has 0 aliphatic heterocycles. The molecule has 2 rings (SSSR count). The Balaban J connectivity index is 2.32. The Morgan fingerprint density at radius 2 is 2.10 bits per heavy atom. The molecule has 0 aliphatic carbocycles. The van der Waals surface area contributed by atoms with Gasteiger partial charge in [-0.25, -0.2) is 9.18 Å². The molecule has 7 heteroatoms. The Labute approximate surface area is 119 Å². The van der Waals surface area contributed by atoms with E-state index in [0.717, 1.165) is 18.2 Å². The number of halogens is 1. The number of aromatic carboxylic acids is 1.